The lowest BCUT2D eigenvalue weighted by Gasteiger charge is -2.36. The zero-order valence-corrected chi connectivity index (χ0v) is 15.1. The second-order valence-corrected chi connectivity index (χ2v) is 6.57. The monoisotopic (exact) mass is 351 g/mol. The minimum Gasteiger partial charge on any atom is -0.370 e. The van der Waals surface area contributed by atoms with Gasteiger partial charge in [0.15, 0.2) is 5.96 Å². The van der Waals surface area contributed by atoms with Crippen molar-refractivity contribution in [3.05, 3.63) is 29.3 Å². The van der Waals surface area contributed by atoms with Crippen LogP contribution in [-0.4, -0.2) is 56.0 Å². The molecule has 3 N–H and O–H groups in total. The van der Waals surface area contributed by atoms with Crippen molar-refractivity contribution >= 4 is 29.2 Å². The van der Waals surface area contributed by atoms with Gasteiger partial charge in [-0.15, -0.1) is 0 Å². The Morgan fingerprint density at radius 2 is 1.88 bits per heavy atom. The van der Waals surface area contributed by atoms with Crippen LogP contribution in [0.25, 0.3) is 0 Å². The third-order valence-corrected chi connectivity index (χ3v) is 4.26. The van der Waals surface area contributed by atoms with Crippen LogP contribution in [0.2, 0.25) is 5.02 Å². The van der Waals surface area contributed by atoms with Crippen molar-refractivity contribution in [2.45, 2.75) is 13.8 Å². The molecule has 132 valence electrons. The lowest BCUT2D eigenvalue weighted by atomic mass is 10.2. The highest BCUT2D eigenvalue weighted by Crippen LogP contribution is 2.19. The maximum atomic E-state index is 11.5. The first-order valence-electron chi connectivity index (χ1n) is 8.30. The largest absolute Gasteiger partial charge is 0.370 e. The molecule has 1 fully saturated rings. The molecule has 1 aromatic carbocycles. The summed E-state index contributed by atoms with van der Waals surface area (Å²) < 4.78 is 0. The number of carbonyl (C=O) groups excluding carboxylic acids is 1. The molecule has 1 amide bonds. The Bertz CT molecular complexity index is 565. The van der Waals surface area contributed by atoms with E-state index in [2.05, 4.69) is 20.1 Å². The van der Waals surface area contributed by atoms with Crippen LogP contribution in [0.15, 0.2) is 29.3 Å². The number of hydrogen-bond acceptors (Lipinski definition) is 3. The summed E-state index contributed by atoms with van der Waals surface area (Å²) in [4.78, 5) is 20.2. The van der Waals surface area contributed by atoms with E-state index >= 15 is 0 Å². The van der Waals surface area contributed by atoms with Crippen molar-refractivity contribution < 1.29 is 4.79 Å². The molecule has 0 unspecified atom stereocenters. The minimum absolute atomic E-state index is 0.00716. The van der Waals surface area contributed by atoms with Gasteiger partial charge in [-0.25, -0.2) is 0 Å². The van der Waals surface area contributed by atoms with Gasteiger partial charge in [-0.05, 0) is 24.3 Å². The smallest absolute Gasteiger partial charge is 0.222 e. The van der Waals surface area contributed by atoms with E-state index in [4.69, 9.17) is 17.3 Å². The molecule has 0 aromatic heterocycles. The standard InChI is InChI=1S/C17H26ClN5O/c1-13(2)16(24)20-7-8-21-17(19)23-11-9-22(10-12-23)15-5-3-14(18)4-6-15/h3-6,13H,7-12H2,1-2H3,(H2,19,21)(H,20,24). The SMILES string of the molecule is CC(C)C(=O)NCCN=C(N)N1CCN(c2ccc(Cl)cc2)CC1. The van der Waals surface area contributed by atoms with E-state index in [1.165, 1.54) is 5.69 Å². The van der Waals surface area contributed by atoms with Crippen molar-refractivity contribution in [2.75, 3.05) is 44.2 Å². The Hall–Kier alpha value is -1.95. The van der Waals surface area contributed by atoms with E-state index < -0.39 is 0 Å². The normalized spacial score (nSPS) is 15.8. The quantitative estimate of drug-likeness (QED) is 0.479. The molecule has 1 aromatic rings. The van der Waals surface area contributed by atoms with Gasteiger partial charge in [-0.1, -0.05) is 25.4 Å². The first-order chi connectivity index (χ1) is 11.5. The molecule has 0 saturated carbocycles. The van der Waals surface area contributed by atoms with Crippen LogP contribution in [0.1, 0.15) is 13.8 Å². The molecule has 1 heterocycles. The number of nitrogens with zero attached hydrogens (tertiary/aromatic N) is 3. The maximum absolute atomic E-state index is 11.5. The van der Waals surface area contributed by atoms with Gasteiger partial charge in [-0.2, -0.15) is 0 Å². The first-order valence-corrected chi connectivity index (χ1v) is 8.68. The number of benzene rings is 1. The topological polar surface area (TPSA) is 74.0 Å². The van der Waals surface area contributed by atoms with Crippen LogP contribution in [0.4, 0.5) is 5.69 Å². The predicted molar refractivity (Wildman–Crippen MR) is 99.6 cm³/mol. The zero-order chi connectivity index (χ0) is 17.5. The summed E-state index contributed by atoms with van der Waals surface area (Å²) in [6.45, 7) is 8.20. The second kappa shape index (κ2) is 8.78. The van der Waals surface area contributed by atoms with E-state index in [1.54, 1.807) is 0 Å². The lowest BCUT2D eigenvalue weighted by molar-refractivity contribution is -0.123. The predicted octanol–water partition coefficient (Wildman–Crippen LogP) is 1.55. The summed E-state index contributed by atoms with van der Waals surface area (Å²) in [7, 11) is 0. The summed E-state index contributed by atoms with van der Waals surface area (Å²) in [6, 6.07) is 7.88. The summed E-state index contributed by atoms with van der Waals surface area (Å²) in [5.74, 6) is 0.581. The van der Waals surface area contributed by atoms with Crippen LogP contribution in [0, 0.1) is 5.92 Å². The number of aliphatic imine (C=N–C) groups is 1. The van der Waals surface area contributed by atoms with Crippen molar-refractivity contribution in [3.8, 4) is 0 Å². The van der Waals surface area contributed by atoms with Crippen LogP contribution >= 0.6 is 11.6 Å². The molecule has 0 spiro atoms. The summed E-state index contributed by atoms with van der Waals surface area (Å²) in [5.41, 5.74) is 7.23. The Morgan fingerprint density at radius 3 is 2.46 bits per heavy atom. The minimum atomic E-state index is -0.00716. The molecule has 7 heteroatoms. The Morgan fingerprint density at radius 1 is 1.25 bits per heavy atom. The van der Waals surface area contributed by atoms with E-state index in [9.17, 15) is 4.79 Å². The van der Waals surface area contributed by atoms with Crippen LogP contribution in [-0.2, 0) is 4.79 Å². The lowest BCUT2D eigenvalue weighted by Crippen LogP contribution is -2.51. The average molecular weight is 352 g/mol. The van der Waals surface area contributed by atoms with Gasteiger partial charge >= 0.3 is 0 Å². The van der Waals surface area contributed by atoms with Crippen molar-refractivity contribution in [1.29, 1.82) is 0 Å². The second-order valence-electron chi connectivity index (χ2n) is 6.14. The van der Waals surface area contributed by atoms with Gasteiger partial charge in [-0.3, -0.25) is 9.79 Å². The number of carbonyl (C=O) groups is 1. The third kappa shape index (κ3) is 5.30. The highest BCUT2D eigenvalue weighted by Gasteiger charge is 2.18. The molecule has 2 rings (SSSR count). The molecule has 0 aliphatic carbocycles. The molecule has 1 aliphatic rings. The molecule has 1 saturated heterocycles. The van der Waals surface area contributed by atoms with Crippen molar-refractivity contribution in [2.24, 2.45) is 16.6 Å². The molecule has 1 aliphatic heterocycles. The van der Waals surface area contributed by atoms with Gasteiger partial charge < -0.3 is 20.9 Å². The number of guanidine groups is 1. The molecule has 24 heavy (non-hydrogen) atoms. The highest BCUT2D eigenvalue weighted by atomic mass is 35.5. The number of nitrogens with one attached hydrogen (secondary N) is 1. The molecule has 0 atom stereocenters. The Balaban J connectivity index is 1.75. The van der Waals surface area contributed by atoms with Gasteiger partial charge in [0, 0.05) is 49.4 Å². The van der Waals surface area contributed by atoms with Crippen LogP contribution in [0.5, 0.6) is 0 Å². The number of hydrogen-bond donors (Lipinski definition) is 2. The summed E-state index contributed by atoms with van der Waals surface area (Å²) in [6.07, 6.45) is 0. The Kier molecular flexibility index (Phi) is 6.73. The number of rotatable bonds is 5. The van der Waals surface area contributed by atoms with E-state index in [0.717, 1.165) is 31.2 Å². The van der Waals surface area contributed by atoms with E-state index in [0.29, 0.717) is 19.0 Å². The number of anilines is 1. The summed E-state index contributed by atoms with van der Waals surface area (Å²) >= 11 is 5.93. The highest BCUT2D eigenvalue weighted by molar-refractivity contribution is 6.30. The molecular weight excluding hydrogens is 326 g/mol. The number of halogens is 1. The zero-order valence-electron chi connectivity index (χ0n) is 14.3. The number of amides is 1. The molecular formula is C17H26ClN5O. The van der Waals surface area contributed by atoms with Gasteiger partial charge in [0.2, 0.25) is 5.91 Å². The first kappa shape index (κ1) is 18.4. The summed E-state index contributed by atoms with van der Waals surface area (Å²) in [5, 5.41) is 3.58. The average Bonchev–Trinajstić information content (AvgIpc) is 2.59. The fraction of sp³-hybridized carbons (Fsp3) is 0.529. The number of piperazine rings is 1. The fourth-order valence-corrected chi connectivity index (χ4v) is 2.63. The molecule has 6 nitrogen and oxygen atoms in total. The van der Waals surface area contributed by atoms with Gasteiger partial charge in [0.05, 0.1) is 6.54 Å². The van der Waals surface area contributed by atoms with Crippen LogP contribution in [0.3, 0.4) is 0 Å². The molecule has 0 bridgehead atoms. The van der Waals surface area contributed by atoms with Crippen molar-refractivity contribution in [1.82, 2.24) is 10.2 Å². The van der Waals surface area contributed by atoms with E-state index in [1.807, 2.05) is 38.1 Å². The third-order valence-electron chi connectivity index (χ3n) is 4.00. The van der Waals surface area contributed by atoms with E-state index in [-0.39, 0.29) is 11.8 Å². The van der Waals surface area contributed by atoms with Gasteiger partial charge in [0.1, 0.15) is 0 Å². The van der Waals surface area contributed by atoms with Crippen LogP contribution < -0.4 is 16.0 Å². The van der Waals surface area contributed by atoms with Crippen molar-refractivity contribution in [3.63, 3.8) is 0 Å². The number of nitrogens with two attached hydrogens (primary N) is 1. The fourth-order valence-electron chi connectivity index (χ4n) is 2.50. The maximum Gasteiger partial charge on any atom is 0.222 e. The molecule has 0 radical (unpaired) electrons. The van der Waals surface area contributed by atoms with Gasteiger partial charge in [0.25, 0.3) is 0 Å². The Labute approximate surface area is 148 Å².